The third-order valence-electron chi connectivity index (χ3n) is 1.60. The zero-order valence-electron chi connectivity index (χ0n) is 9.58. The van der Waals surface area contributed by atoms with Gasteiger partial charge in [-0.1, -0.05) is 0 Å². The van der Waals surface area contributed by atoms with Crippen molar-refractivity contribution in [2.24, 2.45) is 0 Å². The summed E-state index contributed by atoms with van der Waals surface area (Å²) in [6.45, 7) is 5.75. The Morgan fingerprint density at radius 2 is 2.25 bits per heavy atom. The molecule has 88 valence electrons. The molecule has 1 aromatic heterocycles. The molecule has 1 heterocycles. The van der Waals surface area contributed by atoms with E-state index in [2.05, 4.69) is 26.2 Å². The lowest BCUT2D eigenvalue weighted by atomic mass is 10.1. The Kier molecular flexibility index (Phi) is 4.29. The molecule has 0 unspecified atom stereocenters. The minimum atomic E-state index is -0.243. The third kappa shape index (κ3) is 4.61. The van der Waals surface area contributed by atoms with Gasteiger partial charge in [-0.15, -0.1) is 0 Å². The van der Waals surface area contributed by atoms with Gasteiger partial charge in [-0.25, -0.2) is 4.98 Å². The summed E-state index contributed by atoms with van der Waals surface area (Å²) >= 11 is 3.24. The molecule has 1 rings (SSSR count). The van der Waals surface area contributed by atoms with Gasteiger partial charge in [0, 0.05) is 11.7 Å². The number of halogens is 1. The maximum absolute atomic E-state index is 11.5. The third-order valence-corrected chi connectivity index (χ3v) is 2.19. The first-order valence-corrected chi connectivity index (χ1v) is 5.72. The van der Waals surface area contributed by atoms with Crippen molar-refractivity contribution in [1.29, 1.82) is 0 Å². The Labute approximate surface area is 104 Å². The fourth-order valence-electron chi connectivity index (χ4n) is 1.08. The molecule has 0 fully saturated rings. The average molecular weight is 287 g/mol. The molecule has 0 aliphatic rings. The van der Waals surface area contributed by atoms with Crippen LogP contribution >= 0.6 is 15.9 Å². The molecule has 0 aliphatic carbocycles. The largest absolute Gasteiger partial charge is 0.481 e. The van der Waals surface area contributed by atoms with Crippen molar-refractivity contribution in [3.8, 4) is 5.75 Å². The summed E-state index contributed by atoms with van der Waals surface area (Å²) in [5.74, 6) is 0.412. The number of nitrogens with zero attached hydrogens (tertiary/aromatic N) is 1. The van der Waals surface area contributed by atoms with Crippen LogP contribution in [0.3, 0.4) is 0 Å². The van der Waals surface area contributed by atoms with E-state index in [0.717, 1.165) is 0 Å². The number of carbonyl (C=O) groups excluding carboxylic acids is 1. The summed E-state index contributed by atoms with van der Waals surface area (Å²) in [6.07, 6.45) is 1.65. The zero-order valence-corrected chi connectivity index (χ0v) is 11.2. The van der Waals surface area contributed by atoms with Gasteiger partial charge in [0.25, 0.3) is 5.91 Å². The number of hydrogen-bond donors (Lipinski definition) is 1. The molecular formula is C11H15BrN2O2. The van der Waals surface area contributed by atoms with Crippen LogP contribution < -0.4 is 10.1 Å². The van der Waals surface area contributed by atoms with E-state index in [1.54, 1.807) is 18.3 Å². The fraction of sp³-hybridized carbons (Fsp3) is 0.455. The van der Waals surface area contributed by atoms with E-state index >= 15 is 0 Å². The first kappa shape index (κ1) is 13.0. The van der Waals surface area contributed by atoms with Crippen LogP contribution in [0.5, 0.6) is 5.75 Å². The van der Waals surface area contributed by atoms with Crippen LogP contribution in [0, 0.1) is 0 Å². The number of ether oxygens (including phenoxy) is 1. The fourth-order valence-corrected chi connectivity index (χ4v) is 1.44. The van der Waals surface area contributed by atoms with Crippen LogP contribution in [0.1, 0.15) is 20.8 Å². The van der Waals surface area contributed by atoms with Gasteiger partial charge < -0.3 is 10.1 Å². The molecule has 0 bridgehead atoms. The Balaban J connectivity index is 2.47. The monoisotopic (exact) mass is 286 g/mol. The molecule has 0 saturated carbocycles. The van der Waals surface area contributed by atoms with E-state index in [-0.39, 0.29) is 18.1 Å². The van der Waals surface area contributed by atoms with E-state index < -0.39 is 0 Å². The van der Waals surface area contributed by atoms with Crippen molar-refractivity contribution in [3.05, 3.63) is 22.9 Å². The van der Waals surface area contributed by atoms with Crippen molar-refractivity contribution in [3.63, 3.8) is 0 Å². The number of carbonyl (C=O) groups is 1. The Morgan fingerprint density at radius 1 is 1.56 bits per heavy atom. The molecule has 1 aromatic rings. The molecule has 0 aliphatic heterocycles. The van der Waals surface area contributed by atoms with Crippen molar-refractivity contribution >= 4 is 21.8 Å². The van der Waals surface area contributed by atoms with E-state index in [9.17, 15) is 4.79 Å². The van der Waals surface area contributed by atoms with Crippen molar-refractivity contribution < 1.29 is 9.53 Å². The lowest BCUT2D eigenvalue weighted by Gasteiger charge is -2.20. The SMILES string of the molecule is CC(C)(C)NC(=O)COc1cccnc1Br. The number of aromatic nitrogens is 1. The van der Waals surface area contributed by atoms with Gasteiger partial charge in [-0.05, 0) is 48.8 Å². The number of pyridine rings is 1. The minimum Gasteiger partial charge on any atom is -0.481 e. The van der Waals surface area contributed by atoms with Gasteiger partial charge in [0.05, 0.1) is 0 Å². The van der Waals surface area contributed by atoms with E-state index in [1.807, 2.05) is 20.8 Å². The average Bonchev–Trinajstić information content (AvgIpc) is 2.14. The predicted molar refractivity (Wildman–Crippen MR) is 65.3 cm³/mol. The van der Waals surface area contributed by atoms with Gasteiger partial charge >= 0.3 is 0 Å². The minimum absolute atomic E-state index is 0.0123. The Hall–Kier alpha value is -1.10. The van der Waals surface area contributed by atoms with Crippen LogP contribution in [0.4, 0.5) is 0 Å². The molecule has 0 aromatic carbocycles. The molecule has 4 nitrogen and oxygen atoms in total. The molecule has 5 heteroatoms. The lowest BCUT2D eigenvalue weighted by molar-refractivity contribution is -0.124. The van der Waals surface area contributed by atoms with Gasteiger partial charge in [0.15, 0.2) is 12.4 Å². The number of amides is 1. The predicted octanol–water partition coefficient (Wildman–Crippen LogP) is 2.14. The number of nitrogens with one attached hydrogen (secondary N) is 1. The smallest absolute Gasteiger partial charge is 0.258 e. The summed E-state index contributed by atoms with van der Waals surface area (Å²) in [6, 6.07) is 3.50. The Bertz CT molecular complexity index is 374. The summed E-state index contributed by atoms with van der Waals surface area (Å²) in [5.41, 5.74) is -0.243. The maximum Gasteiger partial charge on any atom is 0.258 e. The standard InChI is InChI=1S/C11H15BrN2O2/c1-11(2,3)14-9(15)7-16-8-5-4-6-13-10(8)12/h4-6H,7H2,1-3H3,(H,14,15). The number of rotatable bonds is 3. The van der Waals surface area contributed by atoms with Crippen LogP contribution in [-0.4, -0.2) is 23.0 Å². The first-order valence-electron chi connectivity index (χ1n) is 4.93. The van der Waals surface area contributed by atoms with Crippen LogP contribution in [0.2, 0.25) is 0 Å². The lowest BCUT2D eigenvalue weighted by Crippen LogP contribution is -2.43. The maximum atomic E-state index is 11.5. The van der Waals surface area contributed by atoms with Gasteiger partial charge in [0.2, 0.25) is 0 Å². The second-order valence-electron chi connectivity index (χ2n) is 4.38. The van der Waals surface area contributed by atoms with Gasteiger partial charge in [0.1, 0.15) is 4.60 Å². The molecule has 16 heavy (non-hydrogen) atoms. The highest BCUT2D eigenvalue weighted by atomic mass is 79.9. The van der Waals surface area contributed by atoms with Crippen molar-refractivity contribution in [2.75, 3.05) is 6.61 Å². The molecule has 1 amide bonds. The van der Waals surface area contributed by atoms with Crippen LogP contribution in [0.25, 0.3) is 0 Å². The molecule has 0 spiro atoms. The van der Waals surface area contributed by atoms with Gasteiger partial charge in [-0.3, -0.25) is 4.79 Å². The van der Waals surface area contributed by atoms with Crippen LogP contribution in [0.15, 0.2) is 22.9 Å². The molecule has 1 N–H and O–H groups in total. The van der Waals surface area contributed by atoms with E-state index in [0.29, 0.717) is 10.4 Å². The molecule has 0 radical (unpaired) electrons. The summed E-state index contributed by atoms with van der Waals surface area (Å²) < 4.78 is 5.92. The highest BCUT2D eigenvalue weighted by Crippen LogP contribution is 2.20. The number of hydrogen-bond acceptors (Lipinski definition) is 3. The summed E-state index contributed by atoms with van der Waals surface area (Å²) in [4.78, 5) is 15.5. The van der Waals surface area contributed by atoms with E-state index in [4.69, 9.17) is 4.74 Å². The summed E-state index contributed by atoms with van der Waals surface area (Å²) in [5, 5.41) is 2.81. The first-order chi connectivity index (χ1) is 7.38. The molecular weight excluding hydrogens is 272 g/mol. The van der Waals surface area contributed by atoms with Crippen molar-refractivity contribution in [2.45, 2.75) is 26.3 Å². The quantitative estimate of drug-likeness (QED) is 0.866. The van der Waals surface area contributed by atoms with Crippen molar-refractivity contribution in [1.82, 2.24) is 10.3 Å². The zero-order chi connectivity index (χ0) is 12.2. The topological polar surface area (TPSA) is 51.2 Å². The highest BCUT2D eigenvalue weighted by molar-refractivity contribution is 9.10. The highest BCUT2D eigenvalue weighted by Gasteiger charge is 2.14. The van der Waals surface area contributed by atoms with Crippen LogP contribution in [-0.2, 0) is 4.79 Å². The summed E-state index contributed by atoms with van der Waals surface area (Å²) in [7, 11) is 0. The molecule has 0 saturated heterocycles. The van der Waals surface area contributed by atoms with Gasteiger partial charge in [-0.2, -0.15) is 0 Å². The second kappa shape index (κ2) is 5.30. The second-order valence-corrected chi connectivity index (χ2v) is 5.13. The molecule has 0 atom stereocenters. The normalized spacial score (nSPS) is 11.0. The van der Waals surface area contributed by atoms with E-state index in [1.165, 1.54) is 0 Å². The Morgan fingerprint density at radius 3 is 2.81 bits per heavy atom.